The number of hydrogen-bond donors (Lipinski definition) is 0. The number of halogens is 2. The third-order valence-corrected chi connectivity index (χ3v) is 3.14. The standard InChI is InChI=1S/C16H14F2N2O/c1-3-10-20-15(11-8-6-5-7-9-11)19-13(14(17)18)12(4-2)16(20)21/h1,5-9,14H,4,10H2,2H3. The van der Waals surface area contributed by atoms with Gasteiger partial charge in [-0.05, 0) is 6.42 Å². The largest absolute Gasteiger partial charge is 0.281 e. The molecule has 0 aliphatic rings. The summed E-state index contributed by atoms with van der Waals surface area (Å²) < 4.78 is 27.6. The van der Waals surface area contributed by atoms with Gasteiger partial charge in [0.15, 0.2) is 0 Å². The fourth-order valence-electron chi connectivity index (χ4n) is 2.17. The highest BCUT2D eigenvalue weighted by Gasteiger charge is 2.21. The third-order valence-electron chi connectivity index (χ3n) is 3.14. The maximum Gasteiger partial charge on any atom is 0.280 e. The summed E-state index contributed by atoms with van der Waals surface area (Å²) in [6.07, 6.45) is 2.67. The van der Waals surface area contributed by atoms with Crippen LogP contribution in [0.2, 0.25) is 0 Å². The second-order valence-electron chi connectivity index (χ2n) is 4.41. The summed E-state index contributed by atoms with van der Waals surface area (Å²) in [5.41, 5.74) is -0.372. The summed E-state index contributed by atoms with van der Waals surface area (Å²) >= 11 is 0. The quantitative estimate of drug-likeness (QED) is 0.810. The van der Waals surface area contributed by atoms with Crippen molar-refractivity contribution in [1.29, 1.82) is 0 Å². The lowest BCUT2D eigenvalue weighted by Crippen LogP contribution is -2.28. The van der Waals surface area contributed by atoms with Gasteiger partial charge in [-0.1, -0.05) is 43.2 Å². The first kappa shape index (κ1) is 14.9. The summed E-state index contributed by atoms with van der Waals surface area (Å²) in [6.45, 7) is 1.64. The highest BCUT2D eigenvalue weighted by molar-refractivity contribution is 5.56. The molecule has 0 aliphatic heterocycles. The van der Waals surface area contributed by atoms with E-state index in [1.807, 2.05) is 0 Å². The van der Waals surface area contributed by atoms with Crippen molar-refractivity contribution in [3.8, 4) is 23.7 Å². The third kappa shape index (κ3) is 2.84. The Hall–Kier alpha value is -2.48. The molecule has 0 fully saturated rings. The Kier molecular flexibility index (Phi) is 4.49. The van der Waals surface area contributed by atoms with Crippen molar-refractivity contribution < 1.29 is 8.78 Å². The van der Waals surface area contributed by atoms with Gasteiger partial charge in [-0.3, -0.25) is 9.36 Å². The van der Waals surface area contributed by atoms with E-state index in [0.29, 0.717) is 5.56 Å². The molecular weight excluding hydrogens is 274 g/mol. The topological polar surface area (TPSA) is 34.9 Å². The minimum absolute atomic E-state index is 0.00736. The first-order valence-corrected chi connectivity index (χ1v) is 6.50. The van der Waals surface area contributed by atoms with Gasteiger partial charge >= 0.3 is 0 Å². The molecule has 0 N–H and O–H groups in total. The van der Waals surface area contributed by atoms with Gasteiger partial charge in [0.05, 0.1) is 6.54 Å². The molecule has 5 heteroatoms. The molecule has 0 saturated heterocycles. The van der Waals surface area contributed by atoms with E-state index in [1.165, 1.54) is 4.57 Å². The molecule has 0 saturated carbocycles. The Morgan fingerprint density at radius 3 is 2.52 bits per heavy atom. The van der Waals surface area contributed by atoms with E-state index in [0.717, 1.165) is 0 Å². The van der Waals surface area contributed by atoms with Crippen LogP contribution in [-0.4, -0.2) is 9.55 Å². The molecule has 108 valence electrons. The predicted octanol–water partition coefficient (Wildman–Crippen LogP) is 3.04. The number of rotatable bonds is 4. The SMILES string of the molecule is C#CCn1c(-c2ccccc2)nc(C(F)F)c(CC)c1=O. The average Bonchev–Trinajstić information content (AvgIpc) is 2.49. The van der Waals surface area contributed by atoms with Crippen LogP contribution in [0.25, 0.3) is 11.4 Å². The number of hydrogen-bond acceptors (Lipinski definition) is 2. The molecule has 0 radical (unpaired) electrons. The van der Waals surface area contributed by atoms with Crippen molar-refractivity contribution in [3.63, 3.8) is 0 Å². The highest BCUT2D eigenvalue weighted by Crippen LogP contribution is 2.23. The normalized spacial score (nSPS) is 10.6. The van der Waals surface area contributed by atoms with Crippen molar-refractivity contribution >= 4 is 0 Å². The van der Waals surface area contributed by atoms with Crippen molar-refractivity contribution in [1.82, 2.24) is 9.55 Å². The molecule has 1 heterocycles. The second kappa shape index (κ2) is 6.31. The smallest absolute Gasteiger partial charge is 0.280 e. The van der Waals surface area contributed by atoms with Crippen LogP contribution in [0.1, 0.15) is 24.6 Å². The maximum absolute atomic E-state index is 13.2. The predicted molar refractivity (Wildman–Crippen MR) is 77.1 cm³/mol. The molecule has 2 aromatic rings. The Labute approximate surface area is 121 Å². The minimum atomic E-state index is -2.80. The maximum atomic E-state index is 13.2. The molecular formula is C16H14F2N2O. The zero-order valence-electron chi connectivity index (χ0n) is 11.5. The first-order valence-electron chi connectivity index (χ1n) is 6.50. The number of terminal acetylenes is 1. The second-order valence-corrected chi connectivity index (χ2v) is 4.41. The van der Waals surface area contributed by atoms with Crippen LogP contribution in [-0.2, 0) is 13.0 Å². The molecule has 3 nitrogen and oxygen atoms in total. The number of nitrogens with zero attached hydrogens (tertiary/aromatic N) is 2. The molecule has 0 atom stereocenters. The number of alkyl halides is 2. The van der Waals surface area contributed by atoms with E-state index >= 15 is 0 Å². The zero-order chi connectivity index (χ0) is 15.4. The molecule has 0 spiro atoms. The van der Waals surface area contributed by atoms with Gasteiger partial charge in [-0.2, -0.15) is 0 Å². The van der Waals surface area contributed by atoms with Crippen LogP contribution in [0, 0.1) is 12.3 Å². The Morgan fingerprint density at radius 1 is 1.33 bits per heavy atom. The molecule has 0 aliphatic carbocycles. The number of aromatic nitrogens is 2. The van der Waals surface area contributed by atoms with E-state index < -0.39 is 17.7 Å². The monoisotopic (exact) mass is 288 g/mol. The van der Waals surface area contributed by atoms with Crippen molar-refractivity contribution in [2.75, 3.05) is 0 Å². The fourth-order valence-corrected chi connectivity index (χ4v) is 2.17. The van der Waals surface area contributed by atoms with Crippen molar-refractivity contribution in [3.05, 3.63) is 51.9 Å². The van der Waals surface area contributed by atoms with Crippen molar-refractivity contribution in [2.24, 2.45) is 0 Å². The molecule has 2 rings (SSSR count). The molecule has 0 unspecified atom stereocenters. The van der Waals surface area contributed by atoms with E-state index in [9.17, 15) is 13.6 Å². The van der Waals surface area contributed by atoms with E-state index in [4.69, 9.17) is 6.42 Å². The molecule has 0 bridgehead atoms. The van der Waals surface area contributed by atoms with Gasteiger partial charge in [-0.15, -0.1) is 6.42 Å². The van der Waals surface area contributed by atoms with Crippen LogP contribution in [0.3, 0.4) is 0 Å². The summed E-state index contributed by atoms with van der Waals surface area (Å²) in [5.74, 6) is 2.54. The average molecular weight is 288 g/mol. The van der Waals surface area contributed by atoms with Gasteiger partial charge in [0.1, 0.15) is 11.5 Å². The van der Waals surface area contributed by atoms with Crippen LogP contribution in [0.4, 0.5) is 8.78 Å². The van der Waals surface area contributed by atoms with Crippen molar-refractivity contribution in [2.45, 2.75) is 26.3 Å². The lowest BCUT2D eigenvalue weighted by atomic mass is 10.1. The van der Waals surface area contributed by atoms with Gasteiger partial charge in [0, 0.05) is 11.1 Å². The van der Waals surface area contributed by atoms with E-state index in [2.05, 4.69) is 10.9 Å². The van der Waals surface area contributed by atoms with E-state index in [1.54, 1.807) is 37.3 Å². The Bertz CT molecular complexity index is 730. The molecule has 1 aromatic heterocycles. The lowest BCUT2D eigenvalue weighted by Gasteiger charge is -2.14. The van der Waals surface area contributed by atoms with Gasteiger partial charge in [-0.25, -0.2) is 13.8 Å². The highest BCUT2D eigenvalue weighted by atomic mass is 19.3. The Balaban J connectivity index is 2.80. The summed E-state index contributed by atoms with van der Waals surface area (Å²) in [5, 5.41) is 0. The molecule has 0 amide bonds. The van der Waals surface area contributed by atoms with Gasteiger partial charge in [0.25, 0.3) is 12.0 Å². The van der Waals surface area contributed by atoms with Crippen LogP contribution < -0.4 is 5.56 Å². The number of benzene rings is 1. The molecule has 21 heavy (non-hydrogen) atoms. The van der Waals surface area contributed by atoms with Gasteiger partial charge < -0.3 is 0 Å². The van der Waals surface area contributed by atoms with Gasteiger partial charge in [0.2, 0.25) is 0 Å². The lowest BCUT2D eigenvalue weighted by molar-refractivity contribution is 0.144. The van der Waals surface area contributed by atoms with Crippen LogP contribution in [0.5, 0.6) is 0 Å². The zero-order valence-corrected chi connectivity index (χ0v) is 11.5. The minimum Gasteiger partial charge on any atom is -0.281 e. The first-order chi connectivity index (χ1) is 10.1. The van der Waals surface area contributed by atoms with E-state index in [-0.39, 0.29) is 24.4 Å². The summed E-state index contributed by atoms with van der Waals surface area (Å²) in [6, 6.07) is 8.70. The summed E-state index contributed by atoms with van der Waals surface area (Å²) in [4.78, 5) is 16.4. The Morgan fingerprint density at radius 2 is 2.00 bits per heavy atom. The van der Waals surface area contributed by atoms with Crippen LogP contribution >= 0.6 is 0 Å². The van der Waals surface area contributed by atoms with Crippen LogP contribution in [0.15, 0.2) is 35.1 Å². The fraction of sp³-hybridized carbons (Fsp3) is 0.250. The summed E-state index contributed by atoms with van der Waals surface area (Å²) in [7, 11) is 0. The molecule has 1 aromatic carbocycles.